The molecule has 0 radical (unpaired) electrons. The number of rotatable bonds is 4. The van der Waals surface area contributed by atoms with Crippen molar-refractivity contribution in [3.8, 4) is 0 Å². The van der Waals surface area contributed by atoms with Gasteiger partial charge in [-0.1, -0.05) is 0 Å². The van der Waals surface area contributed by atoms with Crippen molar-refractivity contribution >= 4 is 44.1 Å². The Labute approximate surface area is 163 Å². The highest BCUT2D eigenvalue weighted by atomic mass is 32.2. The number of nitro benzene ring substituents is 1. The Kier molecular flexibility index (Phi) is 5.48. The van der Waals surface area contributed by atoms with Crippen LogP contribution in [0.2, 0.25) is 0 Å². The highest BCUT2D eigenvalue weighted by Crippen LogP contribution is 2.29. The van der Waals surface area contributed by atoms with Crippen molar-refractivity contribution in [2.45, 2.75) is 37.1 Å². The van der Waals surface area contributed by atoms with Crippen molar-refractivity contribution in [2.75, 3.05) is 18.8 Å². The molecule has 1 aliphatic heterocycles. The molecule has 0 aliphatic carbocycles. The van der Waals surface area contributed by atoms with Crippen molar-refractivity contribution in [1.29, 1.82) is 0 Å². The van der Waals surface area contributed by atoms with Crippen LogP contribution in [0, 0.1) is 16.0 Å². The minimum atomic E-state index is -1.31. The Bertz CT molecular complexity index is 906. The summed E-state index contributed by atoms with van der Waals surface area (Å²) in [6.45, 7) is 6.57. The zero-order valence-corrected chi connectivity index (χ0v) is 17.0. The number of nitro groups is 1. The maximum atomic E-state index is 12.7. The van der Waals surface area contributed by atoms with Crippen LogP contribution in [-0.4, -0.2) is 49.6 Å². The molecule has 0 N–H and O–H groups in total. The molecule has 1 aromatic heterocycles. The number of likely N-dealkylation sites (tertiary alicyclic amines) is 1. The van der Waals surface area contributed by atoms with Crippen LogP contribution in [0.5, 0.6) is 0 Å². The average molecular weight is 412 g/mol. The van der Waals surface area contributed by atoms with Gasteiger partial charge in [-0.3, -0.25) is 14.3 Å². The van der Waals surface area contributed by atoms with Gasteiger partial charge < -0.3 is 9.64 Å². The first-order valence-electron chi connectivity index (χ1n) is 8.53. The molecule has 3 rings (SSSR count). The molecule has 1 aromatic carbocycles. The zero-order valence-electron chi connectivity index (χ0n) is 15.3. The molecule has 146 valence electrons. The quantitative estimate of drug-likeness (QED) is 0.563. The summed E-state index contributed by atoms with van der Waals surface area (Å²) < 4.78 is 19.3. The van der Waals surface area contributed by atoms with Gasteiger partial charge >= 0.3 is 6.09 Å². The van der Waals surface area contributed by atoms with E-state index in [1.807, 2.05) is 20.8 Å². The smallest absolute Gasteiger partial charge is 0.410 e. The summed E-state index contributed by atoms with van der Waals surface area (Å²) >= 11 is 1.29. The molecule has 2 atom stereocenters. The van der Waals surface area contributed by atoms with Crippen molar-refractivity contribution in [2.24, 2.45) is 5.92 Å². The Morgan fingerprint density at radius 1 is 1.48 bits per heavy atom. The first kappa shape index (κ1) is 19.7. The summed E-state index contributed by atoms with van der Waals surface area (Å²) in [5, 5.41) is 10.9. The van der Waals surface area contributed by atoms with Crippen LogP contribution in [0.1, 0.15) is 27.2 Å². The molecule has 0 saturated carbocycles. The molecule has 1 saturated heterocycles. The predicted molar refractivity (Wildman–Crippen MR) is 103 cm³/mol. The number of carbonyl (C=O) groups excluding carboxylic acids is 1. The van der Waals surface area contributed by atoms with E-state index in [4.69, 9.17) is 4.74 Å². The molecule has 10 heteroatoms. The van der Waals surface area contributed by atoms with Crippen LogP contribution in [-0.2, 0) is 15.5 Å². The molecule has 0 unspecified atom stereocenters. The SMILES string of the molecule is CC(C)(C)OC(=O)N1CC[C@@H](C[S@](=O)c2nc3cc([N+](=O)[O-])ccc3s2)C1. The third-order valence-electron chi connectivity index (χ3n) is 4.08. The number of carbonyl (C=O) groups is 1. The molecule has 8 nitrogen and oxygen atoms in total. The van der Waals surface area contributed by atoms with E-state index in [0.29, 0.717) is 28.7 Å². The minimum Gasteiger partial charge on any atom is -0.444 e. The second-order valence-corrected chi connectivity index (χ2v) is 10.2. The lowest BCUT2D eigenvalue weighted by Gasteiger charge is -2.24. The Hall–Kier alpha value is -2.07. The van der Waals surface area contributed by atoms with Gasteiger partial charge in [0, 0.05) is 31.0 Å². The summed E-state index contributed by atoms with van der Waals surface area (Å²) in [6, 6.07) is 4.45. The number of thiazole rings is 1. The summed E-state index contributed by atoms with van der Waals surface area (Å²) in [6.07, 6.45) is 0.421. The van der Waals surface area contributed by atoms with E-state index in [1.54, 1.807) is 11.0 Å². The van der Waals surface area contributed by atoms with E-state index in [1.165, 1.54) is 23.5 Å². The first-order chi connectivity index (χ1) is 12.6. The second kappa shape index (κ2) is 7.51. The molecule has 2 heterocycles. The number of benzene rings is 1. The number of ether oxygens (including phenoxy) is 1. The normalized spacial score (nSPS) is 18.6. The third-order valence-corrected chi connectivity index (χ3v) is 6.98. The maximum absolute atomic E-state index is 12.7. The van der Waals surface area contributed by atoms with Crippen LogP contribution < -0.4 is 0 Å². The molecule has 0 bridgehead atoms. The minimum absolute atomic E-state index is 0.0334. The highest BCUT2D eigenvalue weighted by molar-refractivity contribution is 7.87. The fraction of sp³-hybridized carbons (Fsp3) is 0.529. The van der Waals surface area contributed by atoms with Gasteiger partial charge in [-0.2, -0.15) is 0 Å². The number of fused-ring (bicyclic) bond motifs is 1. The largest absolute Gasteiger partial charge is 0.444 e. The van der Waals surface area contributed by atoms with E-state index in [0.717, 1.165) is 11.1 Å². The Morgan fingerprint density at radius 2 is 2.22 bits per heavy atom. The van der Waals surface area contributed by atoms with E-state index >= 15 is 0 Å². The Balaban J connectivity index is 1.63. The summed E-state index contributed by atoms with van der Waals surface area (Å²) in [5.41, 5.74) is -0.0880. The van der Waals surface area contributed by atoms with Crippen LogP contribution in [0.4, 0.5) is 10.5 Å². The Morgan fingerprint density at radius 3 is 2.89 bits per heavy atom. The molecule has 2 aromatic rings. The lowest BCUT2D eigenvalue weighted by molar-refractivity contribution is -0.384. The van der Waals surface area contributed by atoms with Gasteiger partial charge in [-0.05, 0) is 39.2 Å². The fourth-order valence-corrected chi connectivity index (χ4v) is 5.42. The van der Waals surface area contributed by atoms with Gasteiger partial charge in [-0.15, -0.1) is 11.3 Å². The van der Waals surface area contributed by atoms with Crippen molar-refractivity contribution < 1.29 is 18.7 Å². The van der Waals surface area contributed by atoms with E-state index < -0.39 is 21.3 Å². The highest BCUT2D eigenvalue weighted by Gasteiger charge is 2.31. The number of non-ortho nitro benzene ring substituents is 1. The van der Waals surface area contributed by atoms with Gasteiger partial charge in [0.2, 0.25) is 0 Å². The zero-order chi connectivity index (χ0) is 19.8. The fourth-order valence-electron chi connectivity index (χ4n) is 2.85. The molecule has 0 spiro atoms. The van der Waals surface area contributed by atoms with Gasteiger partial charge in [0.25, 0.3) is 5.69 Å². The molecular formula is C17H21N3O5S2. The summed E-state index contributed by atoms with van der Waals surface area (Å²) in [5.74, 6) is 0.515. The van der Waals surface area contributed by atoms with Crippen LogP contribution in [0.3, 0.4) is 0 Å². The summed E-state index contributed by atoms with van der Waals surface area (Å²) in [4.78, 5) is 28.5. The standard InChI is InChI=1S/C17H21N3O5S2/c1-17(2,3)25-16(21)19-7-6-11(9-19)10-27(24)15-18-13-8-12(20(22)23)4-5-14(13)26-15/h4-5,8,11H,6-7,9-10H2,1-3H3/t11-,27+/m1/s1. The maximum Gasteiger partial charge on any atom is 0.410 e. The average Bonchev–Trinajstić information content (AvgIpc) is 3.18. The molecule has 1 fully saturated rings. The lowest BCUT2D eigenvalue weighted by atomic mass is 10.2. The molecule has 1 aliphatic rings. The molecular weight excluding hydrogens is 390 g/mol. The number of hydrogen-bond acceptors (Lipinski definition) is 7. The monoisotopic (exact) mass is 411 g/mol. The van der Waals surface area contributed by atoms with Crippen molar-refractivity contribution in [1.82, 2.24) is 9.88 Å². The van der Waals surface area contributed by atoms with Gasteiger partial charge in [0.15, 0.2) is 4.34 Å². The predicted octanol–water partition coefficient (Wildman–Crippen LogP) is 3.57. The molecule has 27 heavy (non-hydrogen) atoms. The van der Waals surface area contributed by atoms with Gasteiger partial charge in [0.05, 0.1) is 25.9 Å². The van der Waals surface area contributed by atoms with E-state index in [-0.39, 0.29) is 17.7 Å². The van der Waals surface area contributed by atoms with E-state index in [2.05, 4.69) is 4.98 Å². The van der Waals surface area contributed by atoms with Crippen LogP contribution in [0.25, 0.3) is 10.2 Å². The first-order valence-corrected chi connectivity index (χ1v) is 10.7. The van der Waals surface area contributed by atoms with Crippen LogP contribution >= 0.6 is 11.3 Å². The number of amides is 1. The third kappa shape index (κ3) is 4.81. The number of nitrogens with zero attached hydrogens (tertiary/aromatic N) is 3. The number of aromatic nitrogens is 1. The second-order valence-electron chi connectivity index (χ2n) is 7.48. The lowest BCUT2D eigenvalue weighted by Crippen LogP contribution is -2.35. The van der Waals surface area contributed by atoms with Gasteiger partial charge in [-0.25, -0.2) is 9.78 Å². The topological polar surface area (TPSA) is 103 Å². The van der Waals surface area contributed by atoms with E-state index in [9.17, 15) is 19.1 Å². The van der Waals surface area contributed by atoms with Crippen LogP contribution in [0.15, 0.2) is 22.5 Å². The van der Waals surface area contributed by atoms with Crippen molar-refractivity contribution in [3.63, 3.8) is 0 Å². The molecule has 1 amide bonds. The van der Waals surface area contributed by atoms with Gasteiger partial charge in [0.1, 0.15) is 5.60 Å². The number of hydrogen-bond donors (Lipinski definition) is 0. The van der Waals surface area contributed by atoms with Crippen molar-refractivity contribution in [3.05, 3.63) is 28.3 Å². The summed E-state index contributed by atoms with van der Waals surface area (Å²) in [7, 11) is -1.31.